The number of aryl methyl sites for hydroxylation is 2. The van der Waals surface area contributed by atoms with Crippen LogP contribution in [0.4, 0.5) is 4.39 Å². The van der Waals surface area contributed by atoms with Gasteiger partial charge in [0.25, 0.3) is 0 Å². The summed E-state index contributed by atoms with van der Waals surface area (Å²) in [6.07, 6.45) is 0. The monoisotopic (exact) mass is 249 g/mol. The van der Waals surface area contributed by atoms with E-state index in [-0.39, 0.29) is 5.82 Å². The third-order valence-electron chi connectivity index (χ3n) is 2.71. The van der Waals surface area contributed by atoms with E-state index in [0.29, 0.717) is 0 Å². The minimum absolute atomic E-state index is 0.125. The maximum Gasteiger partial charge on any atom is 0.132 e. The summed E-state index contributed by atoms with van der Waals surface area (Å²) >= 11 is 1.60. The average Bonchev–Trinajstić information content (AvgIpc) is 2.65. The van der Waals surface area contributed by atoms with Crippen LogP contribution in [-0.2, 0) is 6.54 Å². The van der Waals surface area contributed by atoms with Crippen LogP contribution in [-0.4, -0.2) is 7.05 Å². The zero-order valence-electron chi connectivity index (χ0n) is 10.3. The number of benzene rings is 1. The van der Waals surface area contributed by atoms with Crippen molar-refractivity contribution in [2.45, 2.75) is 20.4 Å². The lowest BCUT2D eigenvalue weighted by Gasteiger charge is -2.06. The Hall–Kier alpha value is -1.19. The Labute approximate surface area is 105 Å². The molecule has 0 amide bonds. The number of thiophene rings is 1. The lowest BCUT2D eigenvalue weighted by molar-refractivity contribution is 0.629. The Kier molecular flexibility index (Phi) is 3.60. The average molecular weight is 249 g/mol. The van der Waals surface area contributed by atoms with Crippen LogP contribution in [0.3, 0.4) is 0 Å². The first kappa shape index (κ1) is 12.3. The molecule has 3 heteroatoms. The van der Waals surface area contributed by atoms with Gasteiger partial charge < -0.3 is 5.32 Å². The maximum absolute atomic E-state index is 14.0. The molecule has 0 saturated heterocycles. The topological polar surface area (TPSA) is 12.0 Å². The predicted octanol–water partition coefficient (Wildman–Crippen LogP) is 3.89. The van der Waals surface area contributed by atoms with Crippen molar-refractivity contribution in [3.8, 4) is 10.4 Å². The highest BCUT2D eigenvalue weighted by atomic mass is 32.1. The molecule has 0 aliphatic rings. The predicted molar refractivity (Wildman–Crippen MR) is 72.0 cm³/mol. The Bertz CT molecular complexity index is 508. The summed E-state index contributed by atoms with van der Waals surface area (Å²) in [7, 11) is 1.91. The number of rotatable bonds is 3. The van der Waals surface area contributed by atoms with Crippen molar-refractivity contribution in [2.24, 2.45) is 0 Å². The van der Waals surface area contributed by atoms with Gasteiger partial charge in [0.15, 0.2) is 0 Å². The van der Waals surface area contributed by atoms with Crippen LogP contribution in [0.15, 0.2) is 23.6 Å². The van der Waals surface area contributed by atoms with Crippen molar-refractivity contribution in [1.82, 2.24) is 5.32 Å². The molecule has 0 aliphatic carbocycles. The fourth-order valence-electron chi connectivity index (χ4n) is 2.03. The van der Waals surface area contributed by atoms with Crippen LogP contribution in [0.5, 0.6) is 0 Å². The molecule has 0 atom stereocenters. The van der Waals surface area contributed by atoms with E-state index in [0.717, 1.165) is 28.1 Å². The number of halogens is 1. The zero-order chi connectivity index (χ0) is 12.4. The van der Waals surface area contributed by atoms with Crippen LogP contribution < -0.4 is 5.32 Å². The van der Waals surface area contributed by atoms with Gasteiger partial charge >= 0.3 is 0 Å². The van der Waals surface area contributed by atoms with Crippen molar-refractivity contribution in [2.75, 3.05) is 7.05 Å². The maximum atomic E-state index is 14.0. The van der Waals surface area contributed by atoms with E-state index in [4.69, 9.17) is 0 Å². The minimum atomic E-state index is -0.125. The van der Waals surface area contributed by atoms with Crippen molar-refractivity contribution in [3.05, 3.63) is 46.1 Å². The lowest BCUT2D eigenvalue weighted by atomic mass is 10.0. The molecular formula is C14H16FNS. The number of hydrogen-bond donors (Lipinski definition) is 1. The molecule has 1 aromatic heterocycles. The fraction of sp³-hybridized carbons (Fsp3) is 0.286. The molecule has 1 N–H and O–H groups in total. The first-order valence-electron chi connectivity index (χ1n) is 5.61. The van der Waals surface area contributed by atoms with E-state index >= 15 is 0 Å². The third-order valence-corrected chi connectivity index (χ3v) is 3.71. The summed E-state index contributed by atoms with van der Waals surface area (Å²) in [5, 5.41) is 5.17. The smallest absolute Gasteiger partial charge is 0.132 e. The summed E-state index contributed by atoms with van der Waals surface area (Å²) < 4.78 is 14.0. The van der Waals surface area contributed by atoms with Gasteiger partial charge in [-0.25, -0.2) is 4.39 Å². The van der Waals surface area contributed by atoms with Crippen LogP contribution in [0.1, 0.15) is 16.7 Å². The molecule has 90 valence electrons. The standard InChI is InChI=1S/C14H16FNS/c1-9-4-10(2)14(12(15)5-9)13-6-11(7-16-3)8-17-13/h4-6,8,16H,7H2,1-3H3. The number of hydrogen-bond acceptors (Lipinski definition) is 2. The molecule has 1 heterocycles. The molecule has 0 unspecified atom stereocenters. The summed E-state index contributed by atoms with van der Waals surface area (Å²) in [4.78, 5) is 1.00. The molecule has 0 aliphatic heterocycles. The molecule has 17 heavy (non-hydrogen) atoms. The summed E-state index contributed by atoms with van der Waals surface area (Å²) in [6.45, 7) is 4.70. The number of nitrogens with one attached hydrogen (secondary N) is 1. The van der Waals surface area contributed by atoms with E-state index in [1.54, 1.807) is 17.4 Å². The highest BCUT2D eigenvalue weighted by molar-refractivity contribution is 7.13. The third kappa shape index (κ3) is 2.56. The molecular weight excluding hydrogens is 233 g/mol. The largest absolute Gasteiger partial charge is 0.316 e. The van der Waals surface area contributed by atoms with Gasteiger partial charge in [-0.05, 0) is 55.1 Å². The first-order chi connectivity index (χ1) is 8.11. The SMILES string of the molecule is CNCc1csc(-c2c(C)cc(C)cc2F)c1. The van der Waals surface area contributed by atoms with E-state index in [9.17, 15) is 4.39 Å². The molecule has 0 radical (unpaired) electrons. The van der Waals surface area contributed by atoms with Gasteiger partial charge in [-0.1, -0.05) is 6.07 Å². The first-order valence-corrected chi connectivity index (χ1v) is 6.49. The molecule has 2 rings (SSSR count). The highest BCUT2D eigenvalue weighted by Gasteiger charge is 2.11. The second-order valence-electron chi connectivity index (χ2n) is 4.29. The molecule has 0 saturated carbocycles. The van der Waals surface area contributed by atoms with Gasteiger partial charge in [0, 0.05) is 17.0 Å². The normalized spacial score (nSPS) is 10.8. The molecule has 0 fully saturated rings. The second kappa shape index (κ2) is 4.98. The van der Waals surface area contributed by atoms with Crippen LogP contribution in [0.2, 0.25) is 0 Å². The van der Waals surface area contributed by atoms with Crippen molar-refractivity contribution < 1.29 is 4.39 Å². The van der Waals surface area contributed by atoms with Crippen LogP contribution in [0, 0.1) is 19.7 Å². The molecule has 0 bridgehead atoms. The van der Waals surface area contributed by atoms with Gasteiger partial charge in [0.2, 0.25) is 0 Å². The highest BCUT2D eigenvalue weighted by Crippen LogP contribution is 2.32. The van der Waals surface area contributed by atoms with Crippen molar-refractivity contribution >= 4 is 11.3 Å². The van der Waals surface area contributed by atoms with Crippen molar-refractivity contribution in [3.63, 3.8) is 0 Å². The Balaban J connectivity index is 2.45. The van der Waals surface area contributed by atoms with Gasteiger partial charge in [0.05, 0.1) is 0 Å². The molecule has 1 nitrogen and oxygen atoms in total. The minimum Gasteiger partial charge on any atom is -0.316 e. The van der Waals surface area contributed by atoms with Gasteiger partial charge in [0.1, 0.15) is 5.82 Å². The Morgan fingerprint density at radius 2 is 2.00 bits per heavy atom. The van der Waals surface area contributed by atoms with E-state index in [1.807, 2.05) is 27.0 Å². The molecule has 2 aromatic rings. The van der Waals surface area contributed by atoms with Crippen LogP contribution >= 0.6 is 11.3 Å². The summed E-state index contributed by atoms with van der Waals surface area (Å²) in [5.41, 5.74) is 3.91. The van der Waals surface area contributed by atoms with E-state index in [1.165, 1.54) is 5.56 Å². The zero-order valence-corrected chi connectivity index (χ0v) is 11.1. The molecule has 0 spiro atoms. The van der Waals surface area contributed by atoms with Crippen molar-refractivity contribution in [1.29, 1.82) is 0 Å². The Morgan fingerprint density at radius 1 is 1.24 bits per heavy atom. The van der Waals surface area contributed by atoms with E-state index < -0.39 is 0 Å². The Morgan fingerprint density at radius 3 is 2.65 bits per heavy atom. The molecule has 1 aromatic carbocycles. The fourth-order valence-corrected chi connectivity index (χ4v) is 3.06. The van der Waals surface area contributed by atoms with E-state index in [2.05, 4.69) is 16.8 Å². The van der Waals surface area contributed by atoms with Gasteiger partial charge in [-0.3, -0.25) is 0 Å². The summed E-state index contributed by atoms with van der Waals surface area (Å²) in [6, 6.07) is 5.68. The van der Waals surface area contributed by atoms with Gasteiger partial charge in [-0.15, -0.1) is 11.3 Å². The quantitative estimate of drug-likeness (QED) is 0.870. The lowest BCUT2D eigenvalue weighted by Crippen LogP contribution is -2.03. The van der Waals surface area contributed by atoms with Crippen LogP contribution in [0.25, 0.3) is 10.4 Å². The van der Waals surface area contributed by atoms with Gasteiger partial charge in [-0.2, -0.15) is 0 Å². The summed E-state index contributed by atoms with van der Waals surface area (Å²) in [5.74, 6) is -0.125. The second-order valence-corrected chi connectivity index (χ2v) is 5.20.